The highest BCUT2D eigenvalue weighted by molar-refractivity contribution is 7.15. The quantitative estimate of drug-likeness (QED) is 0.116. The Morgan fingerprint density at radius 2 is 1.71 bits per heavy atom. The van der Waals surface area contributed by atoms with Crippen molar-refractivity contribution < 1.29 is 9.47 Å². The van der Waals surface area contributed by atoms with Gasteiger partial charge >= 0.3 is 0 Å². The van der Waals surface area contributed by atoms with E-state index in [1.54, 1.807) is 17.5 Å². The maximum Gasteiger partial charge on any atom is 0.214 e. The summed E-state index contributed by atoms with van der Waals surface area (Å²) in [5.74, 6) is 0.326. The van der Waals surface area contributed by atoms with Crippen molar-refractivity contribution >= 4 is 45.3 Å². The molecule has 0 saturated heterocycles. The number of hydrogen-bond acceptors (Lipinski definition) is 8. The van der Waals surface area contributed by atoms with Gasteiger partial charge in [-0.15, -0.1) is 10.2 Å². The zero-order valence-electron chi connectivity index (χ0n) is 26.4. The van der Waals surface area contributed by atoms with Crippen molar-refractivity contribution in [1.29, 1.82) is 0 Å². The van der Waals surface area contributed by atoms with Crippen LogP contribution < -0.4 is 15.5 Å². The maximum absolute atomic E-state index is 6.13. The molecule has 0 spiro atoms. The third-order valence-corrected chi connectivity index (χ3v) is 11.2. The van der Waals surface area contributed by atoms with Gasteiger partial charge in [-0.3, -0.25) is 9.88 Å². The van der Waals surface area contributed by atoms with Crippen LogP contribution in [0, 0.1) is 0 Å². The lowest BCUT2D eigenvalue weighted by Crippen LogP contribution is -2.29. The number of ether oxygens (including phenoxy) is 2. The van der Waals surface area contributed by atoms with Crippen molar-refractivity contribution in [2.24, 2.45) is 0 Å². The highest BCUT2D eigenvalue weighted by Gasteiger charge is 2.18. The van der Waals surface area contributed by atoms with E-state index < -0.39 is 16.1 Å². The Morgan fingerprint density at radius 1 is 1.02 bits per heavy atom. The van der Waals surface area contributed by atoms with Crippen LogP contribution in [-0.2, 0) is 16.2 Å². The molecule has 0 unspecified atom stereocenters. The van der Waals surface area contributed by atoms with Crippen LogP contribution in [-0.4, -0.2) is 61.1 Å². The van der Waals surface area contributed by atoms with Gasteiger partial charge < -0.3 is 9.47 Å². The summed E-state index contributed by atoms with van der Waals surface area (Å²) in [6.07, 6.45) is 7.68. The monoisotopic (exact) mass is 612 g/mol. The average molecular weight is 613 g/mol. The molecule has 224 valence electrons. The van der Waals surface area contributed by atoms with Gasteiger partial charge in [-0.1, -0.05) is 71.0 Å². The van der Waals surface area contributed by atoms with Gasteiger partial charge in [-0.2, -0.15) is 5.10 Å². The van der Waals surface area contributed by atoms with E-state index in [0.29, 0.717) is 19.4 Å². The molecule has 0 aliphatic heterocycles. The van der Waals surface area contributed by atoms with E-state index in [-0.39, 0.29) is 0 Å². The molecule has 0 bridgehead atoms. The first-order valence-corrected chi connectivity index (χ1v) is 22.6. The fourth-order valence-electron chi connectivity index (χ4n) is 3.79. The largest absolute Gasteiger partial charge is 0.361 e. The van der Waals surface area contributed by atoms with E-state index in [1.165, 1.54) is 0 Å². The zero-order chi connectivity index (χ0) is 30.2. The van der Waals surface area contributed by atoms with E-state index in [0.717, 1.165) is 63.0 Å². The van der Waals surface area contributed by atoms with Gasteiger partial charge in [0.25, 0.3) is 0 Å². The van der Waals surface area contributed by atoms with Gasteiger partial charge in [0, 0.05) is 64.2 Å². The van der Waals surface area contributed by atoms with Crippen molar-refractivity contribution in [3.63, 3.8) is 0 Å². The molecule has 41 heavy (non-hydrogen) atoms. The van der Waals surface area contributed by atoms with Crippen LogP contribution in [0.15, 0.2) is 36.3 Å². The lowest BCUT2D eigenvalue weighted by atomic mass is 10.1. The fourth-order valence-corrected chi connectivity index (χ4v) is 6.19. The van der Waals surface area contributed by atoms with E-state index in [9.17, 15) is 0 Å². The van der Waals surface area contributed by atoms with Crippen molar-refractivity contribution in [1.82, 2.24) is 25.0 Å². The third kappa shape index (κ3) is 10.4. The maximum atomic E-state index is 6.13. The Bertz CT molecular complexity index is 1410. The van der Waals surface area contributed by atoms with Gasteiger partial charge in [0.2, 0.25) is 5.13 Å². The first-order chi connectivity index (χ1) is 19.2. The lowest BCUT2D eigenvalue weighted by molar-refractivity contribution is 0.0798. The van der Waals surface area contributed by atoms with Gasteiger partial charge in [-0.05, 0) is 43.3 Å². The first kappa shape index (κ1) is 33.1. The molecule has 0 atom stereocenters. The molecule has 3 heterocycles. The summed E-state index contributed by atoms with van der Waals surface area (Å²) in [6, 6.07) is 6.22. The highest BCUT2D eigenvalue weighted by Crippen LogP contribution is 2.28. The SMILES string of the molecule is C=c1c(-c2ccnn2COCC[Si](C)(C)C)ccn/c1=C/C=C(\C)N(COCC[Si](C)(C)C)c1nnc(C(C)C)s1. The van der Waals surface area contributed by atoms with Crippen LogP contribution in [0.4, 0.5) is 5.13 Å². The number of allylic oxidation sites excluding steroid dienone is 2. The Labute approximate surface area is 251 Å². The molecular formula is C30H48N6O2SSi2. The summed E-state index contributed by atoms with van der Waals surface area (Å²) in [5.41, 5.74) is 2.95. The number of hydrogen-bond donors (Lipinski definition) is 0. The molecule has 11 heteroatoms. The molecule has 0 aliphatic carbocycles. The fraction of sp³-hybridized carbons (Fsp3) is 0.533. The van der Waals surface area contributed by atoms with Crippen LogP contribution in [0.1, 0.15) is 31.7 Å². The molecular weight excluding hydrogens is 565 g/mol. The number of aromatic nitrogens is 5. The molecule has 3 aromatic rings. The molecule has 0 N–H and O–H groups in total. The van der Waals surface area contributed by atoms with Crippen molar-refractivity contribution in [3.8, 4) is 11.3 Å². The molecule has 0 fully saturated rings. The Hall–Kier alpha value is -2.45. The average Bonchev–Trinajstić information content (AvgIpc) is 3.55. The van der Waals surface area contributed by atoms with E-state index in [2.05, 4.69) is 97.9 Å². The summed E-state index contributed by atoms with van der Waals surface area (Å²) < 4.78 is 14.0. The number of anilines is 1. The van der Waals surface area contributed by atoms with Crippen molar-refractivity contribution in [3.05, 3.63) is 51.9 Å². The van der Waals surface area contributed by atoms with Crippen LogP contribution in [0.2, 0.25) is 51.4 Å². The van der Waals surface area contributed by atoms with Gasteiger partial charge in [-0.25, -0.2) is 4.68 Å². The van der Waals surface area contributed by atoms with Crippen LogP contribution in [0.5, 0.6) is 0 Å². The molecule has 0 aromatic carbocycles. The summed E-state index contributed by atoms with van der Waals surface area (Å²) in [5, 5.41) is 16.9. The van der Waals surface area contributed by atoms with Crippen molar-refractivity contribution in [2.75, 3.05) is 24.8 Å². The van der Waals surface area contributed by atoms with E-state index in [4.69, 9.17) is 9.47 Å². The molecule has 8 nitrogen and oxygen atoms in total. The second-order valence-corrected chi connectivity index (χ2v) is 25.3. The Kier molecular flexibility index (Phi) is 11.8. The molecule has 3 rings (SSSR count). The second-order valence-electron chi connectivity index (χ2n) is 13.1. The molecule has 0 radical (unpaired) electrons. The summed E-state index contributed by atoms with van der Waals surface area (Å²) in [7, 11) is -2.32. The van der Waals surface area contributed by atoms with Gasteiger partial charge in [0.05, 0.1) is 11.0 Å². The van der Waals surface area contributed by atoms with Gasteiger partial charge in [0.15, 0.2) is 0 Å². The molecule has 0 amide bonds. The zero-order valence-corrected chi connectivity index (χ0v) is 29.2. The van der Waals surface area contributed by atoms with Crippen LogP contribution in [0.25, 0.3) is 23.9 Å². The standard InChI is InChI=1S/C30H48N6O2SSi2/c1-23(2)29-33-34-30(39-29)35(21-37-17-19-40(5,6)7)24(3)11-12-27-25(4)26(13-15-31-27)28-14-16-32-36(28)22-38-18-20-41(8,9)10/h11-16,23H,4,17-22H2,1-3,5-10H3/b24-11+,27-12+. The Balaban J connectivity index is 1.84. The highest BCUT2D eigenvalue weighted by atomic mass is 32.1. The normalized spacial score (nSPS) is 13.4. The number of rotatable bonds is 15. The van der Waals surface area contributed by atoms with E-state index >= 15 is 0 Å². The van der Waals surface area contributed by atoms with Crippen LogP contribution in [0.3, 0.4) is 0 Å². The summed E-state index contributed by atoms with van der Waals surface area (Å²) in [4.78, 5) is 6.71. The third-order valence-electron chi connectivity index (χ3n) is 6.57. The van der Waals surface area contributed by atoms with E-state index in [1.807, 2.05) is 29.1 Å². The lowest BCUT2D eigenvalue weighted by Gasteiger charge is -2.23. The molecule has 0 aliphatic rings. The minimum Gasteiger partial charge on any atom is -0.361 e. The van der Waals surface area contributed by atoms with Crippen molar-refractivity contribution in [2.45, 2.75) is 84.8 Å². The first-order valence-electron chi connectivity index (χ1n) is 14.4. The summed E-state index contributed by atoms with van der Waals surface area (Å²) >= 11 is 1.61. The minimum atomic E-state index is -1.18. The number of nitrogens with zero attached hydrogens (tertiary/aromatic N) is 6. The second kappa shape index (κ2) is 14.6. The summed E-state index contributed by atoms with van der Waals surface area (Å²) in [6.45, 7) is 27.2. The Morgan fingerprint density at radius 3 is 2.34 bits per heavy atom. The predicted molar refractivity (Wildman–Crippen MR) is 178 cm³/mol. The molecule has 0 saturated carbocycles. The topological polar surface area (TPSA) is 78.2 Å². The minimum absolute atomic E-state index is 0.326. The molecule has 3 aromatic heterocycles. The number of pyridine rings is 1. The predicted octanol–water partition coefficient (Wildman–Crippen LogP) is 6.15. The van der Waals surface area contributed by atoms with Crippen LogP contribution >= 0.6 is 11.3 Å². The van der Waals surface area contributed by atoms with Gasteiger partial charge in [0.1, 0.15) is 18.5 Å². The smallest absolute Gasteiger partial charge is 0.214 e.